The molecule has 0 spiro atoms. The third-order valence-corrected chi connectivity index (χ3v) is 5.55. The van der Waals surface area contributed by atoms with Crippen molar-refractivity contribution in [2.24, 2.45) is 5.92 Å². The Morgan fingerprint density at radius 2 is 2.00 bits per heavy atom. The molecule has 2 rings (SSSR count). The van der Waals surface area contributed by atoms with Gasteiger partial charge in [-0.25, -0.2) is 9.59 Å². The molecule has 114 valence electrons. The summed E-state index contributed by atoms with van der Waals surface area (Å²) in [6, 6.07) is -0.542. The summed E-state index contributed by atoms with van der Waals surface area (Å²) in [5.74, 6) is 0.925. The van der Waals surface area contributed by atoms with Crippen LogP contribution in [0.3, 0.4) is 0 Å². The van der Waals surface area contributed by atoms with Crippen molar-refractivity contribution < 1.29 is 14.7 Å². The third-order valence-electron chi connectivity index (χ3n) is 4.52. The molecule has 0 aromatic rings. The topological polar surface area (TPSA) is 60.9 Å². The standard InChI is InChI=1S/C14H24N2O3S/c1-10-5-3-4-6-11(10)15(2)14(19)16-7-8-20-9-12(16)13(17)18/h10-12H,3-9H2,1-2H3,(H,17,18). The Balaban J connectivity index is 2.06. The van der Waals surface area contributed by atoms with E-state index in [2.05, 4.69) is 6.92 Å². The van der Waals surface area contributed by atoms with E-state index in [-0.39, 0.29) is 12.1 Å². The molecule has 2 amide bonds. The highest BCUT2D eigenvalue weighted by atomic mass is 32.2. The molecule has 0 aromatic carbocycles. The van der Waals surface area contributed by atoms with E-state index in [1.807, 2.05) is 7.05 Å². The fourth-order valence-electron chi connectivity index (χ4n) is 3.25. The minimum absolute atomic E-state index is 0.114. The number of amides is 2. The molecule has 1 aliphatic heterocycles. The van der Waals surface area contributed by atoms with E-state index < -0.39 is 12.0 Å². The number of rotatable bonds is 2. The van der Waals surface area contributed by atoms with Gasteiger partial charge in [0.25, 0.3) is 0 Å². The fourth-order valence-corrected chi connectivity index (χ4v) is 4.29. The summed E-state index contributed by atoms with van der Waals surface area (Å²) in [6.45, 7) is 2.72. The maximum absolute atomic E-state index is 12.6. The van der Waals surface area contributed by atoms with E-state index in [1.165, 1.54) is 6.42 Å². The molecule has 20 heavy (non-hydrogen) atoms. The van der Waals surface area contributed by atoms with Crippen LogP contribution in [-0.2, 0) is 4.79 Å². The molecule has 1 N–H and O–H groups in total. The minimum atomic E-state index is -0.893. The van der Waals surface area contributed by atoms with Gasteiger partial charge in [0.1, 0.15) is 6.04 Å². The monoisotopic (exact) mass is 300 g/mol. The number of carbonyl (C=O) groups excluding carboxylic acids is 1. The van der Waals surface area contributed by atoms with Gasteiger partial charge in [0.2, 0.25) is 0 Å². The number of nitrogens with zero attached hydrogens (tertiary/aromatic N) is 2. The molecule has 6 heteroatoms. The predicted molar refractivity (Wildman–Crippen MR) is 80.0 cm³/mol. The normalized spacial score (nSPS) is 30.9. The maximum atomic E-state index is 12.6. The number of hydrogen-bond donors (Lipinski definition) is 1. The van der Waals surface area contributed by atoms with Gasteiger partial charge in [-0.3, -0.25) is 0 Å². The highest BCUT2D eigenvalue weighted by molar-refractivity contribution is 7.99. The first-order chi connectivity index (χ1) is 9.52. The highest BCUT2D eigenvalue weighted by Gasteiger charge is 2.37. The summed E-state index contributed by atoms with van der Waals surface area (Å²) in [4.78, 5) is 27.3. The van der Waals surface area contributed by atoms with Gasteiger partial charge in [-0.05, 0) is 18.8 Å². The first-order valence-electron chi connectivity index (χ1n) is 7.36. The van der Waals surface area contributed by atoms with Crippen LogP contribution in [0.5, 0.6) is 0 Å². The van der Waals surface area contributed by atoms with E-state index in [1.54, 1.807) is 21.6 Å². The van der Waals surface area contributed by atoms with Crippen molar-refractivity contribution in [1.29, 1.82) is 0 Å². The van der Waals surface area contributed by atoms with E-state index in [9.17, 15) is 14.7 Å². The maximum Gasteiger partial charge on any atom is 0.327 e. The number of thioether (sulfide) groups is 1. The van der Waals surface area contributed by atoms with Crippen molar-refractivity contribution in [2.45, 2.75) is 44.7 Å². The summed E-state index contributed by atoms with van der Waals surface area (Å²) in [7, 11) is 1.83. The molecule has 3 atom stereocenters. The molecular formula is C14H24N2O3S. The van der Waals surface area contributed by atoms with E-state index >= 15 is 0 Å². The van der Waals surface area contributed by atoms with E-state index in [4.69, 9.17) is 0 Å². The van der Waals surface area contributed by atoms with Crippen molar-refractivity contribution in [1.82, 2.24) is 9.80 Å². The Kier molecular flexibility index (Phi) is 5.18. The Hall–Kier alpha value is -0.910. The van der Waals surface area contributed by atoms with Crippen LogP contribution in [0.25, 0.3) is 0 Å². The SMILES string of the molecule is CC1CCCCC1N(C)C(=O)N1CCSCC1C(=O)O. The summed E-state index contributed by atoms with van der Waals surface area (Å²) < 4.78 is 0. The second kappa shape index (κ2) is 6.70. The highest BCUT2D eigenvalue weighted by Crippen LogP contribution is 2.29. The molecule has 2 fully saturated rings. The fraction of sp³-hybridized carbons (Fsp3) is 0.857. The van der Waals surface area contributed by atoms with Gasteiger partial charge in [0.05, 0.1) is 0 Å². The van der Waals surface area contributed by atoms with Crippen molar-refractivity contribution in [3.63, 3.8) is 0 Å². The average Bonchev–Trinajstić information content (AvgIpc) is 2.46. The van der Waals surface area contributed by atoms with Gasteiger partial charge < -0.3 is 14.9 Å². The lowest BCUT2D eigenvalue weighted by atomic mass is 9.85. The Labute approximate surface area is 124 Å². The van der Waals surface area contributed by atoms with Crippen LogP contribution in [-0.4, -0.2) is 64.1 Å². The number of urea groups is 1. The molecule has 2 aliphatic rings. The molecule has 5 nitrogen and oxygen atoms in total. The summed E-state index contributed by atoms with van der Waals surface area (Å²) in [6.07, 6.45) is 4.58. The Bertz CT molecular complexity index is 377. The predicted octanol–water partition coefficient (Wildman–Crippen LogP) is 2.12. The van der Waals surface area contributed by atoms with Crippen molar-refractivity contribution in [2.75, 3.05) is 25.1 Å². The Morgan fingerprint density at radius 1 is 1.30 bits per heavy atom. The van der Waals surface area contributed by atoms with Gasteiger partial charge in [-0.15, -0.1) is 0 Å². The number of carbonyl (C=O) groups is 2. The molecule has 1 aliphatic carbocycles. The Morgan fingerprint density at radius 3 is 2.65 bits per heavy atom. The first kappa shape index (κ1) is 15.5. The second-order valence-electron chi connectivity index (χ2n) is 5.84. The van der Waals surface area contributed by atoms with Crippen LogP contribution < -0.4 is 0 Å². The summed E-state index contributed by atoms with van der Waals surface area (Å²) >= 11 is 1.61. The lowest BCUT2D eigenvalue weighted by Crippen LogP contribution is -2.56. The largest absolute Gasteiger partial charge is 0.480 e. The van der Waals surface area contributed by atoms with Gasteiger partial charge in [0.15, 0.2) is 0 Å². The van der Waals surface area contributed by atoms with Gasteiger partial charge in [-0.1, -0.05) is 19.8 Å². The van der Waals surface area contributed by atoms with Crippen LogP contribution in [0.15, 0.2) is 0 Å². The van der Waals surface area contributed by atoms with E-state index in [0.29, 0.717) is 18.2 Å². The minimum Gasteiger partial charge on any atom is -0.480 e. The van der Waals surface area contributed by atoms with Crippen LogP contribution in [0.2, 0.25) is 0 Å². The van der Waals surface area contributed by atoms with Crippen LogP contribution in [0, 0.1) is 5.92 Å². The van der Waals surface area contributed by atoms with Crippen LogP contribution in [0.1, 0.15) is 32.6 Å². The zero-order chi connectivity index (χ0) is 14.7. The zero-order valence-corrected chi connectivity index (χ0v) is 13.1. The molecule has 0 radical (unpaired) electrons. The van der Waals surface area contributed by atoms with Crippen molar-refractivity contribution >= 4 is 23.8 Å². The quantitative estimate of drug-likeness (QED) is 0.848. The number of carboxylic acid groups (broad SMARTS) is 1. The van der Waals surface area contributed by atoms with Crippen LogP contribution >= 0.6 is 11.8 Å². The lowest BCUT2D eigenvalue weighted by Gasteiger charge is -2.41. The second-order valence-corrected chi connectivity index (χ2v) is 6.99. The van der Waals surface area contributed by atoms with Crippen molar-refractivity contribution in [3.05, 3.63) is 0 Å². The van der Waals surface area contributed by atoms with Gasteiger partial charge in [0, 0.05) is 31.1 Å². The lowest BCUT2D eigenvalue weighted by molar-refractivity contribution is -0.141. The molecule has 0 aromatic heterocycles. The molecule has 1 saturated carbocycles. The zero-order valence-electron chi connectivity index (χ0n) is 12.2. The average molecular weight is 300 g/mol. The molecule has 1 saturated heterocycles. The van der Waals surface area contributed by atoms with E-state index in [0.717, 1.165) is 25.0 Å². The smallest absolute Gasteiger partial charge is 0.327 e. The van der Waals surface area contributed by atoms with Crippen LogP contribution in [0.4, 0.5) is 4.79 Å². The summed E-state index contributed by atoms with van der Waals surface area (Å²) in [5.41, 5.74) is 0. The van der Waals surface area contributed by atoms with Crippen molar-refractivity contribution in [3.8, 4) is 0 Å². The molecule has 0 bridgehead atoms. The van der Waals surface area contributed by atoms with Gasteiger partial charge >= 0.3 is 12.0 Å². The number of hydrogen-bond acceptors (Lipinski definition) is 3. The molecular weight excluding hydrogens is 276 g/mol. The third kappa shape index (κ3) is 3.22. The first-order valence-corrected chi connectivity index (χ1v) is 8.52. The molecule has 3 unspecified atom stereocenters. The number of aliphatic carboxylic acids is 1. The molecule has 1 heterocycles. The van der Waals surface area contributed by atoms with Gasteiger partial charge in [-0.2, -0.15) is 11.8 Å². The summed E-state index contributed by atoms with van der Waals surface area (Å²) in [5, 5.41) is 9.28. The number of carboxylic acids is 1.